The minimum atomic E-state index is 0.126. The average molecular weight is 274 g/mol. The van der Waals surface area contributed by atoms with Gasteiger partial charge in [0.2, 0.25) is 0 Å². The van der Waals surface area contributed by atoms with Gasteiger partial charge in [0.25, 0.3) is 0 Å². The number of aryl methyl sites for hydroxylation is 1. The maximum Gasteiger partial charge on any atom is 0.108 e. The minimum absolute atomic E-state index is 0.126. The first kappa shape index (κ1) is 13.9. The van der Waals surface area contributed by atoms with Gasteiger partial charge in [0.1, 0.15) is 5.82 Å². The second-order valence-corrected chi connectivity index (χ2v) is 5.43. The fourth-order valence-corrected chi connectivity index (χ4v) is 2.72. The van der Waals surface area contributed by atoms with Gasteiger partial charge in [0.15, 0.2) is 0 Å². The molecule has 2 aromatic rings. The lowest BCUT2D eigenvalue weighted by molar-refractivity contribution is 0.305. The van der Waals surface area contributed by atoms with Crippen molar-refractivity contribution in [3.63, 3.8) is 0 Å². The molecule has 2 rings (SSSR count). The molecule has 2 aromatic heterocycles. The Hall–Kier alpha value is -1.57. The molecule has 0 saturated carbocycles. The zero-order chi connectivity index (χ0) is 13.5. The van der Waals surface area contributed by atoms with E-state index < -0.39 is 0 Å². The SMILES string of the molecule is CCCc1nccn1Cc1ccc(C#CCCO)s1. The largest absolute Gasteiger partial charge is 0.395 e. The van der Waals surface area contributed by atoms with Gasteiger partial charge in [0, 0.05) is 30.1 Å². The Morgan fingerprint density at radius 1 is 1.42 bits per heavy atom. The van der Waals surface area contributed by atoms with Gasteiger partial charge in [0.05, 0.1) is 18.0 Å². The lowest BCUT2D eigenvalue weighted by Crippen LogP contribution is -2.02. The fourth-order valence-electron chi connectivity index (χ4n) is 1.84. The normalized spacial score (nSPS) is 10.2. The van der Waals surface area contributed by atoms with Crippen LogP contribution in [0.2, 0.25) is 0 Å². The molecule has 0 unspecified atom stereocenters. The second-order valence-electron chi connectivity index (χ2n) is 4.26. The molecule has 0 bridgehead atoms. The first-order valence-electron chi connectivity index (χ1n) is 6.52. The van der Waals surface area contributed by atoms with Crippen LogP contribution in [-0.2, 0) is 13.0 Å². The zero-order valence-electron chi connectivity index (χ0n) is 11.1. The second kappa shape index (κ2) is 7.13. The molecule has 100 valence electrons. The molecule has 0 amide bonds. The lowest BCUT2D eigenvalue weighted by atomic mass is 10.3. The molecule has 0 aliphatic carbocycles. The minimum Gasteiger partial charge on any atom is -0.395 e. The summed E-state index contributed by atoms with van der Waals surface area (Å²) in [4.78, 5) is 6.72. The van der Waals surface area contributed by atoms with E-state index in [2.05, 4.69) is 34.4 Å². The van der Waals surface area contributed by atoms with Gasteiger partial charge in [-0.3, -0.25) is 0 Å². The van der Waals surface area contributed by atoms with Crippen LogP contribution in [0.1, 0.15) is 35.3 Å². The Morgan fingerprint density at radius 3 is 3.11 bits per heavy atom. The molecule has 0 aromatic carbocycles. The highest BCUT2D eigenvalue weighted by Gasteiger charge is 2.04. The van der Waals surface area contributed by atoms with E-state index >= 15 is 0 Å². The summed E-state index contributed by atoms with van der Waals surface area (Å²) in [6.07, 6.45) is 6.55. The summed E-state index contributed by atoms with van der Waals surface area (Å²) in [6, 6.07) is 4.16. The molecular weight excluding hydrogens is 256 g/mol. The van der Waals surface area contributed by atoms with E-state index in [-0.39, 0.29) is 6.61 Å². The van der Waals surface area contributed by atoms with Gasteiger partial charge >= 0.3 is 0 Å². The van der Waals surface area contributed by atoms with Crippen LogP contribution in [0.25, 0.3) is 0 Å². The third kappa shape index (κ3) is 3.95. The number of hydrogen-bond acceptors (Lipinski definition) is 3. The number of rotatable bonds is 5. The number of aliphatic hydroxyl groups excluding tert-OH is 1. The first-order valence-corrected chi connectivity index (χ1v) is 7.33. The Morgan fingerprint density at radius 2 is 2.32 bits per heavy atom. The predicted molar refractivity (Wildman–Crippen MR) is 78.2 cm³/mol. The Bertz CT molecular complexity index is 574. The maximum atomic E-state index is 8.69. The van der Waals surface area contributed by atoms with Gasteiger partial charge in [-0.2, -0.15) is 0 Å². The monoisotopic (exact) mass is 274 g/mol. The Kier molecular flexibility index (Phi) is 5.20. The molecule has 1 N–H and O–H groups in total. The number of thiophene rings is 1. The summed E-state index contributed by atoms with van der Waals surface area (Å²) in [5, 5.41) is 8.69. The van der Waals surface area contributed by atoms with E-state index in [1.54, 1.807) is 11.3 Å². The molecule has 0 atom stereocenters. The van der Waals surface area contributed by atoms with Crippen molar-refractivity contribution in [1.29, 1.82) is 0 Å². The van der Waals surface area contributed by atoms with Gasteiger partial charge in [-0.05, 0) is 18.6 Å². The molecule has 2 heterocycles. The standard InChI is InChI=1S/C15H18N2OS/c1-2-5-15-16-9-10-17(15)12-14-8-7-13(19-14)6-3-4-11-18/h7-10,18H,2,4-5,11-12H2,1H3. The number of nitrogens with zero attached hydrogens (tertiary/aromatic N) is 2. The summed E-state index contributed by atoms with van der Waals surface area (Å²) < 4.78 is 2.19. The summed E-state index contributed by atoms with van der Waals surface area (Å²) in [6.45, 7) is 3.15. The topological polar surface area (TPSA) is 38.0 Å². The number of aliphatic hydroxyl groups is 1. The molecule has 0 spiro atoms. The van der Waals surface area contributed by atoms with Crippen LogP contribution in [-0.4, -0.2) is 21.3 Å². The molecule has 19 heavy (non-hydrogen) atoms. The first-order chi connectivity index (χ1) is 9.33. The number of aromatic nitrogens is 2. The lowest BCUT2D eigenvalue weighted by Gasteiger charge is -2.04. The molecule has 0 fully saturated rings. The van der Waals surface area contributed by atoms with Crippen molar-refractivity contribution in [2.24, 2.45) is 0 Å². The molecule has 0 saturated heterocycles. The van der Waals surface area contributed by atoms with Crippen molar-refractivity contribution in [3.8, 4) is 11.8 Å². The van der Waals surface area contributed by atoms with E-state index in [0.29, 0.717) is 6.42 Å². The summed E-state index contributed by atoms with van der Waals surface area (Å²) in [5.74, 6) is 7.16. The van der Waals surface area contributed by atoms with Gasteiger partial charge in [-0.1, -0.05) is 18.8 Å². The maximum absolute atomic E-state index is 8.69. The van der Waals surface area contributed by atoms with Gasteiger partial charge < -0.3 is 9.67 Å². The van der Waals surface area contributed by atoms with Crippen LogP contribution in [0.5, 0.6) is 0 Å². The van der Waals surface area contributed by atoms with Crippen LogP contribution in [0.3, 0.4) is 0 Å². The van der Waals surface area contributed by atoms with Crippen molar-refractivity contribution >= 4 is 11.3 Å². The molecule has 0 aliphatic rings. The van der Waals surface area contributed by atoms with Gasteiger partial charge in [-0.25, -0.2) is 4.98 Å². The quantitative estimate of drug-likeness (QED) is 0.851. The van der Waals surface area contributed by atoms with Crippen molar-refractivity contribution in [2.75, 3.05) is 6.61 Å². The van der Waals surface area contributed by atoms with Crippen molar-refractivity contribution < 1.29 is 5.11 Å². The highest BCUT2D eigenvalue weighted by atomic mass is 32.1. The molecule has 0 aliphatic heterocycles. The number of hydrogen-bond donors (Lipinski definition) is 1. The molecule has 0 radical (unpaired) electrons. The van der Waals surface area contributed by atoms with Crippen LogP contribution >= 0.6 is 11.3 Å². The smallest absolute Gasteiger partial charge is 0.108 e. The van der Waals surface area contributed by atoms with Crippen LogP contribution in [0.15, 0.2) is 24.5 Å². The third-order valence-electron chi connectivity index (χ3n) is 2.71. The van der Waals surface area contributed by atoms with Crippen molar-refractivity contribution in [2.45, 2.75) is 32.7 Å². The highest BCUT2D eigenvalue weighted by molar-refractivity contribution is 7.12. The van der Waals surface area contributed by atoms with Crippen LogP contribution < -0.4 is 0 Å². The molecular formula is C15H18N2OS. The summed E-state index contributed by atoms with van der Waals surface area (Å²) in [7, 11) is 0. The summed E-state index contributed by atoms with van der Waals surface area (Å²) in [5.41, 5.74) is 0. The highest BCUT2D eigenvalue weighted by Crippen LogP contribution is 2.17. The molecule has 4 heteroatoms. The summed E-state index contributed by atoms with van der Waals surface area (Å²) >= 11 is 1.70. The zero-order valence-corrected chi connectivity index (χ0v) is 11.9. The Balaban J connectivity index is 2.03. The van der Waals surface area contributed by atoms with Crippen LogP contribution in [0.4, 0.5) is 0 Å². The molecule has 3 nitrogen and oxygen atoms in total. The Labute approximate surface area is 117 Å². The fraction of sp³-hybridized carbons (Fsp3) is 0.400. The average Bonchev–Trinajstić information content (AvgIpc) is 3.02. The van der Waals surface area contributed by atoms with Gasteiger partial charge in [-0.15, -0.1) is 11.3 Å². The van der Waals surface area contributed by atoms with Crippen molar-refractivity contribution in [1.82, 2.24) is 9.55 Å². The predicted octanol–water partition coefficient (Wildman–Crippen LogP) is 2.68. The van der Waals surface area contributed by atoms with E-state index in [9.17, 15) is 0 Å². The van der Waals surface area contributed by atoms with E-state index in [1.165, 1.54) is 4.88 Å². The number of imidazole rings is 1. The van der Waals surface area contributed by atoms with E-state index in [0.717, 1.165) is 30.1 Å². The van der Waals surface area contributed by atoms with E-state index in [4.69, 9.17) is 5.11 Å². The van der Waals surface area contributed by atoms with E-state index in [1.807, 2.05) is 18.5 Å². The third-order valence-corrected chi connectivity index (χ3v) is 3.70. The van der Waals surface area contributed by atoms with Crippen molar-refractivity contribution in [3.05, 3.63) is 40.1 Å². The van der Waals surface area contributed by atoms with Crippen LogP contribution in [0, 0.1) is 11.8 Å².